The molecule has 94 valence electrons. The summed E-state index contributed by atoms with van der Waals surface area (Å²) in [7, 11) is 0. The van der Waals surface area contributed by atoms with Crippen molar-refractivity contribution in [1.82, 2.24) is 5.16 Å². The molecule has 0 aliphatic heterocycles. The standard InChI is InChI=1S/C12H10ClNO4/c1-7-11(12(15)16)10(14-18-7)6-17-9-4-2-8(13)3-5-9/h2-5H,6H2,1H3,(H,15,16). The number of carboxylic acid groups (broad SMARTS) is 1. The molecule has 0 spiro atoms. The van der Waals surface area contributed by atoms with Crippen molar-refractivity contribution in [1.29, 1.82) is 0 Å². The third kappa shape index (κ3) is 2.62. The van der Waals surface area contributed by atoms with Gasteiger partial charge in [0.05, 0.1) is 0 Å². The molecule has 0 amide bonds. The number of carboxylic acids is 1. The van der Waals surface area contributed by atoms with Crippen LogP contribution in [0.15, 0.2) is 28.8 Å². The number of ether oxygens (including phenoxy) is 1. The number of hydrogen-bond donors (Lipinski definition) is 1. The Kier molecular flexibility index (Phi) is 3.53. The fourth-order valence-corrected chi connectivity index (χ4v) is 1.60. The van der Waals surface area contributed by atoms with Gasteiger partial charge in [0, 0.05) is 5.02 Å². The van der Waals surface area contributed by atoms with Gasteiger partial charge in [-0.2, -0.15) is 0 Å². The van der Waals surface area contributed by atoms with E-state index in [-0.39, 0.29) is 23.6 Å². The minimum Gasteiger partial charge on any atom is -0.487 e. The lowest BCUT2D eigenvalue weighted by Gasteiger charge is -2.04. The van der Waals surface area contributed by atoms with Gasteiger partial charge in [0.2, 0.25) is 0 Å². The Labute approximate surface area is 108 Å². The van der Waals surface area contributed by atoms with Crippen LogP contribution in [-0.2, 0) is 6.61 Å². The molecule has 0 radical (unpaired) electrons. The molecule has 2 aromatic rings. The molecule has 1 aromatic heterocycles. The van der Waals surface area contributed by atoms with Gasteiger partial charge in [-0.1, -0.05) is 16.8 Å². The second-order valence-electron chi connectivity index (χ2n) is 3.61. The Hall–Kier alpha value is -2.01. The van der Waals surface area contributed by atoms with Crippen LogP contribution in [0.1, 0.15) is 21.8 Å². The van der Waals surface area contributed by atoms with Crippen molar-refractivity contribution < 1.29 is 19.2 Å². The predicted octanol–water partition coefficient (Wildman–Crippen LogP) is 2.91. The molecule has 0 aliphatic carbocycles. The zero-order valence-corrected chi connectivity index (χ0v) is 10.3. The van der Waals surface area contributed by atoms with Crippen molar-refractivity contribution in [3.63, 3.8) is 0 Å². The van der Waals surface area contributed by atoms with Crippen LogP contribution in [0, 0.1) is 6.92 Å². The van der Waals surface area contributed by atoms with E-state index in [1.165, 1.54) is 0 Å². The number of hydrogen-bond acceptors (Lipinski definition) is 4. The first-order valence-electron chi connectivity index (χ1n) is 5.14. The number of benzene rings is 1. The summed E-state index contributed by atoms with van der Waals surface area (Å²) in [6.07, 6.45) is 0. The van der Waals surface area contributed by atoms with Gasteiger partial charge in [-0.15, -0.1) is 0 Å². The smallest absolute Gasteiger partial charge is 0.341 e. The molecule has 18 heavy (non-hydrogen) atoms. The average molecular weight is 268 g/mol. The molecule has 6 heteroatoms. The van der Waals surface area contributed by atoms with Crippen molar-refractivity contribution in [2.45, 2.75) is 13.5 Å². The quantitative estimate of drug-likeness (QED) is 0.922. The minimum absolute atomic E-state index is 0.0284. The van der Waals surface area contributed by atoms with Gasteiger partial charge in [0.25, 0.3) is 0 Å². The molecule has 0 aliphatic rings. The van der Waals surface area contributed by atoms with Gasteiger partial charge >= 0.3 is 5.97 Å². The van der Waals surface area contributed by atoms with Crippen LogP contribution >= 0.6 is 11.6 Å². The lowest BCUT2D eigenvalue weighted by atomic mass is 10.2. The van der Waals surface area contributed by atoms with Crippen LogP contribution in [0.4, 0.5) is 0 Å². The first-order chi connectivity index (χ1) is 8.58. The van der Waals surface area contributed by atoms with Crippen LogP contribution in [0.3, 0.4) is 0 Å². The molecule has 0 saturated carbocycles. The SMILES string of the molecule is Cc1onc(COc2ccc(Cl)cc2)c1C(=O)O. The van der Waals surface area contributed by atoms with Gasteiger partial charge in [-0.05, 0) is 31.2 Å². The second-order valence-corrected chi connectivity index (χ2v) is 4.04. The first kappa shape index (κ1) is 12.4. The van der Waals surface area contributed by atoms with Crippen LogP contribution in [0.25, 0.3) is 0 Å². The lowest BCUT2D eigenvalue weighted by Crippen LogP contribution is -2.05. The van der Waals surface area contributed by atoms with Crippen LogP contribution < -0.4 is 4.74 Å². The topological polar surface area (TPSA) is 72.6 Å². The molecular formula is C12H10ClNO4. The summed E-state index contributed by atoms with van der Waals surface area (Å²) in [6, 6.07) is 6.75. The molecule has 0 bridgehead atoms. The number of rotatable bonds is 4. The van der Waals surface area contributed by atoms with Gasteiger partial charge < -0.3 is 14.4 Å². The molecular weight excluding hydrogens is 258 g/mol. The normalized spacial score (nSPS) is 10.3. The Balaban J connectivity index is 2.11. The number of aromatic nitrogens is 1. The predicted molar refractivity (Wildman–Crippen MR) is 64.0 cm³/mol. The Morgan fingerprint density at radius 2 is 2.11 bits per heavy atom. The monoisotopic (exact) mass is 267 g/mol. The van der Waals surface area contributed by atoms with Crippen molar-refractivity contribution >= 4 is 17.6 Å². The van der Waals surface area contributed by atoms with E-state index in [1.54, 1.807) is 31.2 Å². The van der Waals surface area contributed by atoms with Gasteiger partial charge in [-0.3, -0.25) is 0 Å². The summed E-state index contributed by atoms with van der Waals surface area (Å²) in [4.78, 5) is 11.0. The second kappa shape index (κ2) is 5.10. The van der Waals surface area contributed by atoms with Crippen LogP contribution in [-0.4, -0.2) is 16.2 Å². The third-order valence-corrected chi connectivity index (χ3v) is 2.59. The molecule has 0 unspecified atom stereocenters. The molecule has 1 aromatic carbocycles. The number of carbonyl (C=O) groups is 1. The van der Waals surface area contributed by atoms with Crippen molar-refractivity contribution in [2.24, 2.45) is 0 Å². The first-order valence-corrected chi connectivity index (χ1v) is 5.52. The van der Waals surface area contributed by atoms with E-state index in [0.29, 0.717) is 10.8 Å². The molecule has 0 atom stereocenters. The van der Waals surface area contributed by atoms with Crippen molar-refractivity contribution in [2.75, 3.05) is 0 Å². The highest BCUT2D eigenvalue weighted by Crippen LogP contribution is 2.19. The summed E-state index contributed by atoms with van der Waals surface area (Å²) in [6.45, 7) is 1.57. The maximum absolute atomic E-state index is 11.0. The number of aromatic carboxylic acids is 1. The molecule has 5 nitrogen and oxygen atoms in total. The summed E-state index contributed by atoms with van der Waals surface area (Å²) in [5.41, 5.74) is 0.305. The van der Waals surface area contributed by atoms with E-state index in [0.717, 1.165) is 0 Å². The maximum Gasteiger partial charge on any atom is 0.341 e. The van der Waals surface area contributed by atoms with Gasteiger partial charge in [0.15, 0.2) is 0 Å². The zero-order valence-electron chi connectivity index (χ0n) is 9.51. The van der Waals surface area contributed by atoms with E-state index >= 15 is 0 Å². The number of aryl methyl sites for hydroxylation is 1. The largest absolute Gasteiger partial charge is 0.487 e. The maximum atomic E-state index is 11.0. The van der Waals surface area contributed by atoms with Gasteiger partial charge in [-0.25, -0.2) is 4.79 Å². The lowest BCUT2D eigenvalue weighted by molar-refractivity contribution is 0.0692. The van der Waals surface area contributed by atoms with E-state index in [2.05, 4.69) is 5.16 Å². The van der Waals surface area contributed by atoms with E-state index in [9.17, 15) is 4.79 Å². The molecule has 1 N–H and O–H groups in total. The fraction of sp³-hybridized carbons (Fsp3) is 0.167. The van der Waals surface area contributed by atoms with Crippen LogP contribution in [0.2, 0.25) is 5.02 Å². The Morgan fingerprint density at radius 1 is 1.44 bits per heavy atom. The molecule has 2 rings (SSSR count). The fourth-order valence-electron chi connectivity index (χ4n) is 1.47. The highest BCUT2D eigenvalue weighted by atomic mass is 35.5. The van der Waals surface area contributed by atoms with E-state index < -0.39 is 5.97 Å². The highest BCUT2D eigenvalue weighted by Gasteiger charge is 2.19. The summed E-state index contributed by atoms with van der Waals surface area (Å²) in [5.74, 6) is -0.239. The van der Waals surface area contributed by atoms with E-state index in [1.807, 2.05) is 0 Å². The number of halogens is 1. The van der Waals surface area contributed by atoms with Crippen molar-refractivity contribution in [3.8, 4) is 5.75 Å². The van der Waals surface area contributed by atoms with Gasteiger partial charge in [0.1, 0.15) is 29.4 Å². The van der Waals surface area contributed by atoms with E-state index in [4.69, 9.17) is 26.0 Å². The van der Waals surface area contributed by atoms with Crippen LogP contribution in [0.5, 0.6) is 5.75 Å². The summed E-state index contributed by atoms with van der Waals surface area (Å²) in [5, 5.41) is 13.3. The summed E-state index contributed by atoms with van der Waals surface area (Å²) < 4.78 is 10.2. The third-order valence-electron chi connectivity index (χ3n) is 2.34. The molecule has 1 heterocycles. The number of nitrogens with zero attached hydrogens (tertiary/aromatic N) is 1. The summed E-state index contributed by atoms with van der Waals surface area (Å²) >= 11 is 5.74. The highest BCUT2D eigenvalue weighted by molar-refractivity contribution is 6.30. The Morgan fingerprint density at radius 3 is 2.72 bits per heavy atom. The van der Waals surface area contributed by atoms with Crippen molar-refractivity contribution in [3.05, 3.63) is 46.3 Å². The Bertz CT molecular complexity index is 562. The average Bonchev–Trinajstić information content (AvgIpc) is 2.70. The molecule has 0 fully saturated rings. The zero-order chi connectivity index (χ0) is 13.1. The molecule has 0 saturated heterocycles. The minimum atomic E-state index is -1.08.